The molecule has 0 saturated carbocycles. The standard InChI is InChI=1S/C15H20FNO2/c1-11(18)14-12(16)5-3-6-13(14)17-9-4-7-15(2,19)8-10-17/h3,5-6,19H,4,7-10H2,1-2H3. The Hall–Kier alpha value is -1.42. The van der Waals surface area contributed by atoms with Crippen LogP contribution >= 0.6 is 0 Å². The predicted octanol–water partition coefficient (Wildman–Crippen LogP) is 2.77. The van der Waals surface area contributed by atoms with Gasteiger partial charge in [0.2, 0.25) is 0 Å². The molecule has 1 unspecified atom stereocenters. The maximum atomic E-state index is 13.8. The molecular formula is C15H20FNO2. The first-order valence-corrected chi connectivity index (χ1v) is 6.67. The number of hydrogen-bond acceptors (Lipinski definition) is 3. The average Bonchev–Trinajstić information content (AvgIpc) is 2.49. The molecule has 1 saturated heterocycles. The van der Waals surface area contributed by atoms with E-state index in [1.165, 1.54) is 13.0 Å². The second-order valence-electron chi connectivity index (χ2n) is 5.53. The summed E-state index contributed by atoms with van der Waals surface area (Å²) >= 11 is 0. The van der Waals surface area contributed by atoms with E-state index in [0.717, 1.165) is 19.4 Å². The van der Waals surface area contributed by atoms with Crippen LogP contribution in [0.5, 0.6) is 0 Å². The highest BCUT2D eigenvalue weighted by molar-refractivity contribution is 6.00. The van der Waals surface area contributed by atoms with Crippen LogP contribution in [0.3, 0.4) is 0 Å². The van der Waals surface area contributed by atoms with E-state index in [9.17, 15) is 14.3 Å². The lowest BCUT2D eigenvalue weighted by Crippen LogP contribution is -2.29. The van der Waals surface area contributed by atoms with Gasteiger partial charge in [-0.1, -0.05) is 6.07 Å². The first kappa shape index (κ1) is 14.0. The zero-order valence-corrected chi connectivity index (χ0v) is 11.4. The van der Waals surface area contributed by atoms with Gasteiger partial charge in [-0.3, -0.25) is 4.79 Å². The number of anilines is 1. The summed E-state index contributed by atoms with van der Waals surface area (Å²) in [5, 5.41) is 10.1. The van der Waals surface area contributed by atoms with E-state index >= 15 is 0 Å². The molecule has 1 aliphatic rings. The fourth-order valence-electron chi connectivity index (χ4n) is 2.63. The van der Waals surface area contributed by atoms with Crippen molar-refractivity contribution >= 4 is 11.5 Å². The molecule has 0 aromatic heterocycles. The monoisotopic (exact) mass is 265 g/mol. The van der Waals surface area contributed by atoms with E-state index in [2.05, 4.69) is 0 Å². The normalized spacial score (nSPS) is 24.1. The Kier molecular flexibility index (Phi) is 3.90. The number of benzene rings is 1. The van der Waals surface area contributed by atoms with Crippen molar-refractivity contribution < 1.29 is 14.3 Å². The number of rotatable bonds is 2. The van der Waals surface area contributed by atoms with Gasteiger partial charge in [0.1, 0.15) is 5.82 Å². The van der Waals surface area contributed by atoms with Crippen LogP contribution < -0.4 is 4.90 Å². The third-order valence-corrected chi connectivity index (χ3v) is 3.75. The van der Waals surface area contributed by atoms with Gasteiger partial charge in [-0.2, -0.15) is 0 Å². The van der Waals surface area contributed by atoms with E-state index in [4.69, 9.17) is 0 Å². The number of ketones is 1. The Morgan fingerprint density at radius 1 is 1.37 bits per heavy atom. The van der Waals surface area contributed by atoms with Crippen LogP contribution in [0.4, 0.5) is 10.1 Å². The smallest absolute Gasteiger partial charge is 0.164 e. The van der Waals surface area contributed by atoms with Crippen LogP contribution in [0.15, 0.2) is 18.2 Å². The summed E-state index contributed by atoms with van der Waals surface area (Å²) < 4.78 is 13.8. The molecule has 0 amide bonds. The Bertz CT molecular complexity index is 485. The maximum absolute atomic E-state index is 13.8. The van der Waals surface area contributed by atoms with Crippen LogP contribution in [0.1, 0.15) is 43.5 Å². The molecule has 1 fully saturated rings. The highest BCUT2D eigenvalue weighted by Gasteiger charge is 2.27. The number of nitrogens with zero attached hydrogens (tertiary/aromatic N) is 1. The molecule has 0 bridgehead atoms. The van der Waals surface area contributed by atoms with E-state index < -0.39 is 11.4 Å². The molecule has 1 heterocycles. The fraction of sp³-hybridized carbons (Fsp3) is 0.533. The fourth-order valence-corrected chi connectivity index (χ4v) is 2.63. The van der Waals surface area contributed by atoms with E-state index in [1.54, 1.807) is 12.1 Å². The molecule has 3 nitrogen and oxygen atoms in total. The maximum Gasteiger partial charge on any atom is 0.164 e. The van der Waals surface area contributed by atoms with Gasteiger partial charge in [-0.25, -0.2) is 4.39 Å². The van der Waals surface area contributed by atoms with Crippen LogP contribution in [-0.2, 0) is 0 Å². The lowest BCUT2D eigenvalue weighted by molar-refractivity contribution is 0.0481. The molecular weight excluding hydrogens is 245 g/mol. The van der Waals surface area contributed by atoms with Crippen molar-refractivity contribution in [3.8, 4) is 0 Å². The highest BCUT2D eigenvalue weighted by atomic mass is 19.1. The van der Waals surface area contributed by atoms with Crippen molar-refractivity contribution in [2.24, 2.45) is 0 Å². The minimum atomic E-state index is -0.668. The lowest BCUT2D eigenvalue weighted by atomic mass is 9.98. The number of carbonyl (C=O) groups excluding carboxylic acids is 1. The van der Waals surface area contributed by atoms with Crippen molar-refractivity contribution in [3.63, 3.8) is 0 Å². The summed E-state index contributed by atoms with van der Waals surface area (Å²) in [4.78, 5) is 13.6. The van der Waals surface area contributed by atoms with Crippen molar-refractivity contribution in [1.29, 1.82) is 0 Å². The zero-order chi connectivity index (χ0) is 14.0. The third kappa shape index (κ3) is 3.13. The van der Waals surface area contributed by atoms with Crippen molar-refractivity contribution in [1.82, 2.24) is 0 Å². The molecule has 19 heavy (non-hydrogen) atoms. The summed E-state index contributed by atoms with van der Waals surface area (Å²) in [6, 6.07) is 4.72. The van der Waals surface area contributed by atoms with Crippen LogP contribution in [0, 0.1) is 5.82 Å². The molecule has 104 valence electrons. The third-order valence-electron chi connectivity index (χ3n) is 3.75. The summed E-state index contributed by atoms with van der Waals surface area (Å²) in [5.74, 6) is -0.731. The molecule has 1 atom stereocenters. The molecule has 1 N–H and O–H groups in total. The number of aliphatic hydroxyl groups is 1. The zero-order valence-electron chi connectivity index (χ0n) is 11.4. The van der Waals surface area contributed by atoms with Gasteiger partial charge >= 0.3 is 0 Å². The second kappa shape index (κ2) is 5.29. The molecule has 4 heteroatoms. The number of Topliss-reactive ketones (excluding diaryl/α,β-unsaturated/α-hetero) is 1. The summed E-state index contributed by atoms with van der Waals surface area (Å²) in [6.07, 6.45) is 2.19. The Balaban J connectivity index is 2.32. The largest absolute Gasteiger partial charge is 0.390 e. The van der Waals surface area contributed by atoms with Crippen LogP contribution in [0.25, 0.3) is 0 Å². The second-order valence-corrected chi connectivity index (χ2v) is 5.53. The van der Waals surface area contributed by atoms with Gasteiger partial charge in [0.25, 0.3) is 0 Å². The quantitative estimate of drug-likeness (QED) is 0.836. The van der Waals surface area contributed by atoms with Gasteiger partial charge in [-0.05, 0) is 45.2 Å². The van der Waals surface area contributed by atoms with Crippen molar-refractivity contribution in [3.05, 3.63) is 29.6 Å². The summed E-state index contributed by atoms with van der Waals surface area (Å²) in [7, 11) is 0. The molecule has 0 aliphatic carbocycles. The van der Waals surface area contributed by atoms with Crippen LogP contribution in [0.2, 0.25) is 0 Å². The first-order valence-electron chi connectivity index (χ1n) is 6.67. The average molecular weight is 265 g/mol. The van der Waals surface area contributed by atoms with Gasteiger partial charge < -0.3 is 10.0 Å². The molecule has 1 aromatic rings. The van der Waals surface area contributed by atoms with Crippen molar-refractivity contribution in [2.75, 3.05) is 18.0 Å². The molecule has 0 spiro atoms. The first-order chi connectivity index (χ1) is 8.91. The van der Waals surface area contributed by atoms with E-state index in [1.807, 2.05) is 11.8 Å². The Morgan fingerprint density at radius 3 is 2.79 bits per heavy atom. The van der Waals surface area contributed by atoms with E-state index in [-0.39, 0.29) is 11.3 Å². The Morgan fingerprint density at radius 2 is 2.11 bits per heavy atom. The highest BCUT2D eigenvalue weighted by Crippen LogP contribution is 2.29. The summed E-state index contributed by atoms with van der Waals surface area (Å²) in [5.41, 5.74) is 0.132. The molecule has 2 rings (SSSR count). The Labute approximate surface area is 113 Å². The minimum Gasteiger partial charge on any atom is -0.390 e. The SMILES string of the molecule is CC(=O)c1c(F)cccc1N1CCCC(C)(O)CC1. The molecule has 0 radical (unpaired) electrons. The number of halogens is 1. The van der Waals surface area contributed by atoms with Gasteiger partial charge in [0, 0.05) is 13.1 Å². The van der Waals surface area contributed by atoms with Crippen LogP contribution in [-0.4, -0.2) is 29.6 Å². The van der Waals surface area contributed by atoms with Gasteiger partial charge in [0.05, 0.1) is 16.9 Å². The van der Waals surface area contributed by atoms with E-state index in [0.29, 0.717) is 18.7 Å². The summed E-state index contributed by atoms with van der Waals surface area (Å²) in [6.45, 7) is 4.58. The van der Waals surface area contributed by atoms with Gasteiger partial charge in [-0.15, -0.1) is 0 Å². The van der Waals surface area contributed by atoms with Crippen molar-refractivity contribution in [2.45, 2.75) is 38.7 Å². The predicted molar refractivity (Wildman–Crippen MR) is 73.1 cm³/mol. The molecule has 1 aromatic carbocycles. The number of hydrogen-bond donors (Lipinski definition) is 1. The van der Waals surface area contributed by atoms with Gasteiger partial charge in [0.15, 0.2) is 5.78 Å². The number of carbonyl (C=O) groups is 1. The lowest BCUT2D eigenvalue weighted by Gasteiger charge is -2.26. The topological polar surface area (TPSA) is 40.5 Å². The molecule has 1 aliphatic heterocycles. The minimum absolute atomic E-state index is 0.157.